The van der Waals surface area contributed by atoms with Crippen molar-refractivity contribution in [2.45, 2.75) is 19.4 Å². The number of hydrogen-bond acceptors (Lipinski definition) is 6. The summed E-state index contributed by atoms with van der Waals surface area (Å²) in [6.07, 6.45) is 0. The molecule has 0 saturated carbocycles. The molecule has 2 aromatic rings. The molecule has 1 aromatic heterocycles. The summed E-state index contributed by atoms with van der Waals surface area (Å²) in [5.74, 6) is 1.46. The van der Waals surface area contributed by atoms with E-state index in [1.807, 2.05) is 25.1 Å². The van der Waals surface area contributed by atoms with E-state index in [9.17, 15) is 0 Å². The molecule has 0 radical (unpaired) electrons. The van der Waals surface area contributed by atoms with Gasteiger partial charge in [-0.25, -0.2) is 0 Å². The predicted molar refractivity (Wildman–Crippen MR) is 74.4 cm³/mol. The van der Waals surface area contributed by atoms with Crippen LogP contribution in [0.5, 0.6) is 5.75 Å². The Morgan fingerprint density at radius 3 is 2.75 bits per heavy atom. The standard InChI is InChI=1S/C14H19N3O3/c1-9-5-6-11(19-4)10(7-9)12-16-13(17-20-12)14(2,15)8-18-3/h5-7H,8,15H2,1-4H3. The fraction of sp³-hybridized carbons (Fsp3) is 0.429. The minimum atomic E-state index is -0.798. The third-order valence-electron chi connectivity index (χ3n) is 2.97. The van der Waals surface area contributed by atoms with E-state index in [2.05, 4.69) is 10.1 Å². The molecule has 0 bridgehead atoms. The second kappa shape index (κ2) is 5.60. The lowest BCUT2D eigenvalue weighted by Gasteiger charge is -2.18. The highest BCUT2D eigenvalue weighted by molar-refractivity contribution is 5.63. The topological polar surface area (TPSA) is 83.4 Å². The normalized spacial score (nSPS) is 14.1. The first-order valence-corrected chi connectivity index (χ1v) is 6.25. The highest BCUT2D eigenvalue weighted by Crippen LogP contribution is 2.30. The van der Waals surface area contributed by atoms with Gasteiger partial charge in [0.15, 0.2) is 5.82 Å². The minimum Gasteiger partial charge on any atom is -0.496 e. The molecule has 108 valence electrons. The second-order valence-corrected chi connectivity index (χ2v) is 4.98. The highest BCUT2D eigenvalue weighted by Gasteiger charge is 2.28. The number of aromatic nitrogens is 2. The Hall–Kier alpha value is -1.92. The zero-order valence-electron chi connectivity index (χ0n) is 12.1. The van der Waals surface area contributed by atoms with Crippen molar-refractivity contribution < 1.29 is 14.0 Å². The van der Waals surface area contributed by atoms with E-state index >= 15 is 0 Å². The van der Waals surface area contributed by atoms with E-state index in [1.54, 1.807) is 21.1 Å². The van der Waals surface area contributed by atoms with Crippen LogP contribution in [0.15, 0.2) is 22.7 Å². The quantitative estimate of drug-likeness (QED) is 0.898. The van der Waals surface area contributed by atoms with Gasteiger partial charge in [-0.3, -0.25) is 0 Å². The van der Waals surface area contributed by atoms with Gasteiger partial charge in [0.2, 0.25) is 0 Å². The van der Waals surface area contributed by atoms with E-state index < -0.39 is 5.54 Å². The van der Waals surface area contributed by atoms with Gasteiger partial charge in [-0.1, -0.05) is 16.8 Å². The van der Waals surface area contributed by atoms with Gasteiger partial charge in [-0.05, 0) is 26.0 Å². The van der Waals surface area contributed by atoms with Crippen LogP contribution in [0.3, 0.4) is 0 Å². The van der Waals surface area contributed by atoms with Crippen LogP contribution >= 0.6 is 0 Å². The predicted octanol–water partition coefficient (Wildman–Crippen LogP) is 1.87. The van der Waals surface area contributed by atoms with Crippen molar-refractivity contribution in [3.05, 3.63) is 29.6 Å². The third kappa shape index (κ3) is 2.81. The summed E-state index contributed by atoms with van der Waals surface area (Å²) >= 11 is 0. The van der Waals surface area contributed by atoms with Crippen molar-refractivity contribution in [3.63, 3.8) is 0 Å². The lowest BCUT2D eigenvalue weighted by atomic mass is 10.1. The molecular formula is C14H19N3O3. The van der Waals surface area contributed by atoms with Crippen LogP contribution in [0.4, 0.5) is 0 Å². The van der Waals surface area contributed by atoms with E-state index in [-0.39, 0.29) is 0 Å². The molecule has 1 heterocycles. The summed E-state index contributed by atoms with van der Waals surface area (Å²) in [5.41, 5.74) is 7.13. The van der Waals surface area contributed by atoms with Crippen molar-refractivity contribution in [3.8, 4) is 17.2 Å². The molecule has 1 atom stereocenters. The van der Waals surface area contributed by atoms with Crippen LogP contribution in [0.2, 0.25) is 0 Å². The number of methoxy groups -OCH3 is 2. The van der Waals surface area contributed by atoms with E-state index in [1.165, 1.54) is 0 Å². The van der Waals surface area contributed by atoms with Gasteiger partial charge < -0.3 is 19.7 Å². The first kappa shape index (κ1) is 14.5. The molecule has 20 heavy (non-hydrogen) atoms. The summed E-state index contributed by atoms with van der Waals surface area (Å²) < 4.78 is 15.7. The average Bonchev–Trinajstić information content (AvgIpc) is 2.89. The number of rotatable bonds is 5. The monoisotopic (exact) mass is 277 g/mol. The summed E-state index contributed by atoms with van der Waals surface area (Å²) in [4.78, 5) is 4.36. The molecule has 0 aliphatic rings. The lowest BCUT2D eigenvalue weighted by Crippen LogP contribution is -2.38. The van der Waals surface area contributed by atoms with Crippen LogP contribution in [-0.4, -0.2) is 31.0 Å². The van der Waals surface area contributed by atoms with Gasteiger partial charge in [0, 0.05) is 7.11 Å². The van der Waals surface area contributed by atoms with Crippen molar-refractivity contribution in [1.29, 1.82) is 0 Å². The Morgan fingerprint density at radius 2 is 2.10 bits per heavy atom. The summed E-state index contributed by atoms with van der Waals surface area (Å²) in [6, 6.07) is 5.75. The van der Waals surface area contributed by atoms with E-state index in [0.29, 0.717) is 24.1 Å². The molecule has 1 aromatic carbocycles. The molecule has 6 heteroatoms. The van der Waals surface area contributed by atoms with Crippen LogP contribution in [0.25, 0.3) is 11.5 Å². The Kier molecular flexibility index (Phi) is 4.06. The molecule has 6 nitrogen and oxygen atoms in total. The van der Waals surface area contributed by atoms with Gasteiger partial charge in [0.05, 0.1) is 19.3 Å². The fourth-order valence-electron chi connectivity index (χ4n) is 1.92. The van der Waals surface area contributed by atoms with Gasteiger partial charge in [-0.15, -0.1) is 0 Å². The van der Waals surface area contributed by atoms with Crippen LogP contribution < -0.4 is 10.5 Å². The average molecular weight is 277 g/mol. The van der Waals surface area contributed by atoms with Gasteiger partial charge >= 0.3 is 0 Å². The molecular weight excluding hydrogens is 258 g/mol. The van der Waals surface area contributed by atoms with Crippen LogP contribution in [0, 0.1) is 6.92 Å². The van der Waals surface area contributed by atoms with Crippen molar-refractivity contribution in [2.75, 3.05) is 20.8 Å². The molecule has 2 N–H and O–H groups in total. The molecule has 0 fully saturated rings. The number of aryl methyl sites for hydroxylation is 1. The molecule has 1 unspecified atom stereocenters. The minimum absolute atomic E-state index is 0.303. The van der Waals surface area contributed by atoms with E-state index in [0.717, 1.165) is 11.1 Å². The number of nitrogens with zero attached hydrogens (tertiary/aromatic N) is 2. The fourth-order valence-corrected chi connectivity index (χ4v) is 1.92. The number of ether oxygens (including phenoxy) is 2. The lowest BCUT2D eigenvalue weighted by molar-refractivity contribution is 0.135. The first-order chi connectivity index (χ1) is 9.47. The van der Waals surface area contributed by atoms with Crippen molar-refractivity contribution >= 4 is 0 Å². The smallest absolute Gasteiger partial charge is 0.261 e. The molecule has 2 rings (SSSR count). The zero-order valence-corrected chi connectivity index (χ0v) is 12.1. The molecule has 0 aliphatic heterocycles. The molecule has 0 spiro atoms. The Morgan fingerprint density at radius 1 is 1.35 bits per heavy atom. The van der Waals surface area contributed by atoms with E-state index in [4.69, 9.17) is 19.7 Å². The summed E-state index contributed by atoms with van der Waals surface area (Å²) in [7, 11) is 3.18. The first-order valence-electron chi connectivity index (χ1n) is 6.25. The van der Waals surface area contributed by atoms with Crippen LogP contribution in [0.1, 0.15) is 18.3 Å². The molecule has 0 aliphatic carbocycles. The second-order valence-electron chi connectivity index (χ2n) is 4.98. The summed E-state index contributed by atoms with van der Waals surface area (Å²) in [5, 5.41) is 3.94. The number of benzene rings is 1. The largest absolute Gasteiger partial charge is 0.496 e. The van der Waals surface area contributed by atoms with Gasteiger partial charge in [-0.2, -0.15) is 4.98 Å². The maximum atomic E-state index is 6.10. The third-order valence-corrected chi connectivity index (χ3v) is 2.97. The van der Waals surface area contributed by atoms with Crippen LogP contribution in [-0.2, 0) is 10.3 Å². The van der Waals surface area contributed by atoms with Crippen molar-refractivity contribution in [2.24, 2.45) is 5.73 Å². The Labute approximate surface area is 117 Å². The SMILES string of the molecule is COCC(C)(N)c1noc(-c2cc(C)ccc2OC)n1. The summed E-state index contributed by atoms with van der Waals surface area (Å²) in [6.45, 7) is 4.08. The Bertz CT molecular complexity index is 593. The molecule has 0 amide bonds. The highest BCUT2D eigenvalue weighted by atomic mass is 16.5. The zero-order chi connectivity index (χ0) is 14.8. The van der Waals surface area contributed by atoms with Gasteiger partial charge in [0.1, 0.15) is 11.3 Å². The number of nitrogens with two attached hydrogens (primary N) is 1. The van der Waals surface area contributed by atoms with Crippen molar-refractivity contribution in [1.82, 2.24) is 10.1 Å². The maximum absolute atomic E-state index is 6.10. The molecule has 0 saturated heterocycles. The maximum Gasteiger partial charge on any atom is 0.261 e. The van der Waals surface area contributed by atoms with Gasteiger partial charge in [0.25, 0.3) is 5.89 Å². The Balaban J connectivity index is 2.41. The number of hydrogen-bond donors (Lipinski definition) is 1.